The van der Waals surface area contributed by atoms with Gasteiger partial charge in [0, 0.05) is 12.0 Å². The van der Waals surface area contributed by atoms with Crippen molar-refractivity contribution in [1.29, 1.82) is 0 Å². The molecule has 1 aliphatic heterocycles. The molecule has 1 saturated heterocycles. The summed E-state index contributed by atoms with van der Waals surface area (Å²) in [5.41, 5.74) is 0.0546. The molecule has 0 atom stereocenters. The van der Waals surface area contributed by atoms with Crippen LogP contribution < -0.4 is 0 Å². The fourth-order valence-electron chi connectivity index (χ4n) is 2.19. The van der Waals surface area contributed by atoms with Crippen molar-refractivity contribution in [2.45, 2.75) is 51.7 Å². The monoisotopic (exact) mass is 251 g/mol. The van der Waals surface area contributed by atoms with Crippen molar-refractivity contribution in [3.63, 3.8) is 0 Å². The molecule has 1 fully saturated rings. The Balaban J connectivity index is 2.41. The van der Waals surface area contributed by atoms with Gasteiger partial charge >= 0.3 is 6.18 Å². The molecule has 0 aromatic heterocycles. The van der Waals surface area contributed by atoms with Gasteiger partial charge in [-0.3, -0.25) is 9.69 Å². The lowest BCUT2D eigenvalue weighted by Gasteiger charge is -2.40. The number of alkyl halides is 3. The van der Waals surface area contributed by atoms with Crippen molar-refractivity contribution < 1.29 is 18.0 Å². The Morgan fingerprint density at radius 2 is 1.65 bits per heavy atom. The molecule has 5 heteroatoms. The number of halogens is 3. The van der Waals surface area contributed by atoms with Gasteiger partial charge in [0.05, 0.1) is 0 Å². The van der Waals surface area contributed by atoms with Gasteiger partial charge in [0.25, 0.3) is 0 Å². The van der Waals surface area contributed by atoms with Crippen LogP contribution in [-0.4, -0.2) is 35.5 Å². The number of nitrogens with zero attached hydrogens (tertiary/aromatic N) is 1. The number of piperidine rings is 1. The van der Waals surface area contributed by atoms with Gasteiger partial charge in [-0.1, -0.05) is 0 Å². The number of likely N-dealkylation sites (tertiary alicyclic amines) is 1. The fourth-order valence-corrected chi connectivity index (χ4v) is 2.19. The lowest BCUT2D eigenvalue weighted by Crippen LogP contribution is -2.46. The van der Waals surface area contributed by atoms with Gasteiger partial charge in [-0.15, -0.1) is 0 Å². The highest BCUT2D eigenvalue weighted by Crippen LogP contribution is 2.28. The number of carbonyl (C=O) groups is 1. The Kier molecular flexibility index (Phi) is 4.23. The lowest BCUT2D eigenvalue weighted by atomic mass is 9.89. The third-order valence-corrected chi connectivity index (χ3v) is 3.35. The van der Waals surface area contributed by atoms with Crippen LogP contribution in [0.5, 0.6) is 0 Å². The number of Topliss-reactive ketones (excluding diaryl/α,β-unsaturated/α-hetero) is 1. The van der Waals surface area contributed by atoms with Crippen molar-refractivity contribution in [2.24, 2.45) is 5.92 Å². The summed E-state index contributed by atoms with van der Waals surface area (Å²) in [7, 11) is 0. The molecule has 0 spiro atoms. The summed E-state index contributed by atoms with van der Waals surface area (Å²) in [6, 6.07) is 0. The SMILES string of the molecule is CC(C)(C)N1CCC(CC(=O)C(F)(F)F)CC1. The molecule has 0 bridgehead atoms. The van der Waals surface area contributed by atoms with Crippen LogP contribution >= 0.6 is 0 Å². The van der Waals surface area contributed by atoms with Gasteiger partial charge < -0.3 is 0 Å². The van der Waals surface area contributed by atoms with Gasteiger partial charge in [-0.25, -0.2) is 0 Å². The van der Waals surface area contributed by atoms with E-state index in [0.29, 0.717) is 12.8 Å². The molecule has 2 nitrogen and oxygen atoms in total. The molecule has 0 aromatic rings. The van der Waals surface area contributed by atoms with Crippen LogP contribution in [0.25, 0.3) is 0 Å². The number of rotatable bonds is 2. The van der Waals surface area contributed by atoms with Crippen LogP contribution in [0.4, 0.5) is 13.2 Å². The lowest BCUT2D eigenvalue weighted by molar-refractivity contribution is -0.172. The van der Waals surface area contributed by atoms with Gasteiger partial charge in [0.1, 0.15) is 0 Å². The van der Waals surface area contributed by atoms with E-state index in [4.69, 9.17) is 0 Å². The Labute approximate surface area is 100 Å². The normalized spacial score (nSPS) is 20.6. The second-order valence-electron chi connectivity index (χ2n) is 5.73. The highest BCUT2D eigenvalue weighted by atomic mass is 19.4. The highest BCUT2D eigenvalue weighted by Gasteiger charge is 2.40. The van der Waals surface area contributed by atoms with Crippen LogP contribution in [0, 0.1) is 5.92 Å². The van der Waals surface area contributed by atoms with Gasteiger partial charge in [0.2, 0.25) is 5.78 Å². The van der Waals surface area contributed by atoms with E-state index >= 15 is 0 Å². The molecule has 1 aliphatic rings. The zero-order valence-electron chi connectivity index (χ0n) is 10.6. The molecule has 1 heterocycles. The molecular formula is C12H20F3NO. The highest BCUT2D eigenvalue weighted by molar-refractivity contribution is 5.84. The maximum Gasteiger partial charge on any atom is 0.449 e. The second-order valence-corrected chi connectivity index (χ2v) is 5.73. The van der Waals surface area contributed by atoms with Crippen molar-refractivity contribution >= 4 is 5.78 Å². The minimum absolute atomic E-state index is 0.0546. The first kappa shape index (κ1) is 14.5. The number of ketones is 1. The summed E-state index contributed by atoms with van der Waals surface area (Å²) in [4.78, 5) is 13.1. The number of carbonyl (C=O) groups excluding carboxylic acids is 1. The van der Waals surface area contributed by atoms with E-state index in [9.17, 15) is 18.0 Å². The summed E-state index contributed by atoms with van der Waals surface area (Å²) < 4.78 is 36.3. The minimum Gasteiger partial charge on any atom is -0.298 e. The van der Waals surface area contributed by atoms with Gasteiger partial charge in [-0.2, -0.15) is 13.2 Å². The molecule has 0 unspecified atom stereocenters. The quantitative estimate of drug-likeness (QED) is 0.752. The number of hydrogen-bond donors (Lipinski definition) is 0. The summed E-state index contributed by atoms with van der Waals surface area (Å²) in [5, 5.41) is 0. The zero-order chi connectivity index (χ0) is 13.3. The van der Waals surface area contributed by atoms with Crippen molar-refractivity contribution in [2.75, 3.05) is 13.1 Å². The predicted octanol–water partition coefficient (Wildman–Crippen LogP) is 3.02. The van der Waals surface area contributed by atoms with E-state index < -0.39 is 12.0 Å². The number of hydrogen-bond acceptors (Lipinski definition) is 2. The molecule has 0 N–H and O–H groups in total. The van der Waals surface area contributed by atoms with E-state index in [1.807, 2.05) is 0 Å². The molecule has 1 rings (SSSR count). The summed E-state index contributed by atoms with van der Waals surface area (Å²) in [5.74, 6) is -1.69. The molecule has 0 aromatic carbocycles. The molecular weight excluding hydrogens is 231 g/mol. The van der Waals surface area contributed by atoms with Crippen molar-refractivity contribution in [3.05, 3.63) is 0 Å². The smallest absolute Gasteiger partial charge is 0.298 e. The standard InChI is InChI=1S/C12H20F3NO/c1-11(2,3)16-6-4-9(5-7-16)8-10(17)12(13,14)15/h9H,4-8H2,1-3H3. The predicted molar refractivity (Wildman–Crippen MR) is 59.7 cm³/mol. The maximum atomic E-state index is 12.1. The Morgan fingerprint density at radius 1 is 1.18 bits per heavy atom. The van der Waals surface area contributed by atoms with Gasteiger partial charge in [0.15, 0.2) is 0 Å². The molecule has 17 heavy (non-hydrogen) atoms. The van der Waals surface area contributed by atoms with E-state index in [0.717, 1.165) is 13.1 Å². The minimum atomic E-state index is -4.67. The third kappa shape index (κ3) is 4.30. The Bertz CT molecular complexity index is 272. The first-order valence-corrected chi connectivity index (χ1v) is 5.96. The first-order valence-electron chi connectivity index (χ1n) is 5.96. The average Bonchev–Trinajstić information content (AvgIpc) is 2.15. The van der Waals surface area contributed by atoms with Crippen LogP contribution in [0.3, 0.4) is 0 Å². The Morgan fingerprint density at radius 3 is 2.00 bits per heavy atom. The van der Waals surface area contributed by atoms with Crippen LogP contribution in [0.1, 0.15) is 40.0 Å². The topological polar surface area (TPSA) is 20.3 Å². The average molecular weight is 251 g/mol. The second kappa shape index (κ2) is 4.96. The van der Waals surface area contributed by atoms with Crippen LogP contribution in [0.2, 0.25) is 0 Å². The molecule has 0 radical (unpaired) electrons. The van der Waals surface area contributed by atoms with E-state index in [-0.39, 0.29) is 17.9 Å². The first-order chi connectivity index (χ1) is 7.60. The molecule has 0 saturated carbocycles. The molecule has 100 valence electrons. The van der Waals surface area contributed by atoms with Crippen molar-refractivity contribution in [1.82, 2.24) is 4.90 Å². The Hall–Kier alpha value is -0.580. The maximum absolute atomic E-state index is 12.1. The molecule has 0 aliphatic carbocycles. The van der Waals surface area contributed by atoms with Crippen molar-refractivity contribution in [3.8, 4) is 0 Å². The summed E-state index contributed by atoms with van der Waals surface area (Å²) >= 11 is 0. The van der Waals surface area contributed by atoms with Crippen LogP contribution in [0.15, 0.2) is 0 Å². The van der Waals surface area contributed by atoms with E-state index in [1.165, 1.54) is 0 Å². The fraction of sp³-hybridized carbons (Fsp3) is 0.917. The molecule has 0 amide bonds. The summed E-state index contributed by atoms with van der Waals surface area (Å²) in [6.07, 6.45) is -3.65. The van der Waals surface area contributed by atoms with E-state index in [1.54, 1.807) is 0 Å². The largest absolute Gasteiger partial charge is 0.449 e. The van der Waals surface area contributed by atoms with Crippen LogP contribution in [-0.2, 0) is 4.79 Å². The zero-order valence-corrected chi connectivity index (χ0v) is 10.6. The van der Waals surface area contributed by atoms with Gasteiger partial charge in [-0.05, 0) is 52.6 Å². The van der Waals surface area contributed by atoms with E-state index in [2.05, 4.69) is 25.7 Å². The summed E-state index contributed by atoms with van der Waals surface area (Å²) in [6.45, 7) is 7.83. The third-order valence-electron chi connectivity index (χ3n) is 3.35.